The summed E-state index contributed by atoms with van der Waals surface area (Å²) in [5.74, 6) is 0.586. The Hall–Kier alpha value is -2.00. The lowest BCUT2D eigenvalue weighted by Gasteiger charge is -2.11. The Morgan fingerprint density at radius 1 is 0.900 bits per heavy atom. The van der Waals surface area contributed by atoms with Gasteiger partial charge in [-0.05, 0) is 78.8 Å². The summed E-state index contributed by atoms with van der Waals surface area (Å²) in [6.07, 6.45) is 1.27. The number of hydrogen-bond acceptors (Lipinski definition) is 3. The van der Waals surface area contributed by atoms with Gasteiger partial charge >= 0.3 is 0 Å². The standard InChI is InChI=1S/C17H20O3/c1-11-8-15(9-12(2)17(11)20)13-5-6-16(19)14(10-13)4-3-7-18/h5-6,8-10,18-20H,3-4,7H2,1-2H3. The molecule has 0 unspecified atom stereocenters. The highest BCUT2D eigenvalue weighted by atomic mass is 16.3. The van der Waals surface area contributed by atoms with E-state index in [0.29, 0.717) is 18.6 Å². The van der Waals surface area contributed by atoms with Gasteiger partial charge in [0, 0.05) is 6.61 Å². The summed E-state index contributed by atoms with van der Waals surface area (Å²) in [4.78, 5) is 0. The molecule has 2 rings (SSSR count). The maximum Gasteiger partial charge on any atom is 0.121 e. The van der Waals surface area contributed by atoms with Crippen LogP contribution < -0.4 is 0 Å². The molecule has 2 aromatic rings. The average molecular weight is 272 g/mol. The topological polar surface area (TPSA) is 60.7 Å². The Morgan fingerprint density at radius 2 is 1.55 bits per heavy atom. The molecule has 0 radical (unpaired) electrons. The molecule has 3 nitrogen and oxygen atoms in total. The molecule has 0 heterocycles. The molecular weight excluding hydrogens is 252 g/mol. The first-order valence-electron chi connectivity index (χ1n) is 6.76. The van der Waals surface area contributed by atoms with Crippen molar-refractivity contribution in [1.29, 1.82) is 0 Å². The second-order valence-electron chi connectivity index (χ2n) is 5.13. The first-order valence-corrected chi connectivity index (χ1v) is 6.76. The van der Waals surface area contributed by atoms with Crippen LogP contribution in [0.5, 0.6) is 11.5 Å². The van der Waals surface area contributed by atoms with Gasteiger partial charge in [0.25, 0.3) is 0 Å². The highest BCUT2D eigenvalue weighted by Crippen LogP contribution is 2.31. The fourth-order valence-corrected chi connectivity index (χ4v) is 2.36. The summed E-state index contributed by atoms with van der Waals surface area (Å²) in [7, 11) is 0. The third-order valence-electron chi connectivity index (χ3n) is 3.51. The lowest BCUT2D eigenvalue weighted by Crippen LogP contribution is -1.92. The lowest BCUT2D eigenvalue weighted by molar-refractivity contribution is 0.288. The third-order valence-corrected chi connectivity index (χ3v) is 3.51. The normalized spacial score (nSPS) is 10.8. The highest BCUT2D eigenvalue weighted by Gasteiger charge is 2.08. The molecule has 0 saturated carbocycles. The van der Waals surface area contributed by atoms with Gasteiger partial charge in [0.2, 0.25) is 0 Å². The Labute approximate surface area is 119 Å². The van der Waals surface area contributed by atoms with Crippen molar-refractivity contribution < 1.29 is 15.3 Å². The van der Waals surface area contributed by atoms with E-state index in [1.807, 2.05) is 38.1 Å². The van der Waals surface area contributed by atoms with Crippen LogP contribution in [0.25, 0.3) is 11.1 Å². The number of rotatable bonds is 4. The summed E-state index contributed by atoms with van der Waals surface area (Å²) >= 11 is 0. The van der Waals surface area contributed by atoms with Gasteiger partial charge in [-0.15, -0.1) is 0 Å². The Balaban J connectivity index is 2.42. The van der Waals surface area contributed by atoms with Gasteiger partial charge in [-0.3, -0.25) is 0 Å². The van der Waals surface area contributed by atoms with Crippen molar-refractivity contribution in [2.24, 2.45) is 0 Å². The molecule has 3 heteroatoms. The van der Waals surface area contributed by atoms with E-state index in [0.717, 1.165) is 27.8 Å². The number of benzene rings is 2. The molecule has 0 saturated heterocycles. The van der Waals surface area contributed by atoms with Crippen molar-refractivity contribution in [3.05, 3.63) is 47.0 Å². The van der Waals surface area contributed by atoms with Gasteiger partial charge < -0.3 is 15.3 Å². The van der Waals surface area contributed by atoms with Crippen molar-refractivity contribution >= 4 is 0 Å². The zero-order valence-corrected chi connectivity index (χ0v) is 11.8. The summed E-state index contributed by atoms with van der Waals surface area (Å²) in [6, 6.07) is 9.36. The monoisotopic (exact) mass is 272 g/mol. The molecule has 0 aliphatic rings. The molecule has 0 amide bonds. The molecule has 0 aliphatic heterocycles. The number of aryl methyl sites for hydroxylation is 3. The molecule has 0 aromatic heterocycles. The van der Waals surface area contributed by atoms with Gasteiger partial charge in [-0.25, -0.2) is 0 Å². The first-order chi connectivity index (χ1) is 9.52. The molecule has 0 atom stereocenters. The maximum absolute atomic E-state index is 9.84. The van der Waals surface area contributed by atoms with E-state index in [4.69, 9.17) is 5.11 Å². The Morgan fingerprint density at radius 3 is 2.15 bits per heavy atom. The molecule has 0 fully saturated rings. The van der Waals surface area contributed by atoms with E-state index in [1.165, 1.54) is 0 Å². The molecular formula is C17H20O3. The molecule has 106 valence electrons. The number of hydrogen-bond donors (Lipinski definition) is 3. The third kappa shape index (κ3) is 2.94. The maximum atomic E-state index is 9.84. The second-order valence-corrected chi connectivity index (χ2v) is 5.13. The zero-order chi connectivity index (χ0) is 14.7. The molecule has 0 bridgehead atoms. The predicted octanol–water partition coefficient (Wildman–Crippen LogP) is 3.31. The zero-order valence-electron chi connectivity index (χ0n) is 11.8. The van der Waals surface area contributed by atoms with Crippen LogP contribution in [-0.2, 0) is 6.42 Å². The van der Waals surface area contributed by atoms with Crippen molar-refractivity contribution in [2.45, 2.75) is 26.7 Å². The van der Waals surface area contributed by atoms with E-state index >= 15 is 0 Å². The number of phenolic OH excluding ortho intramolecular Hbond substituents is 2. The second kappa shape index (κ2) is 5.97. The fourth-order valence-electron chi connectivity index (χ4n) is 2.36. The Kier molecular flexibility index (Phi) is 4.30. The van der Waals surface area contributed by atoms with Gasteiger partial charge in [0.15, 0.2) is 0 Å². The van der Waals surface area contributed by atoms with Gasteiger partial charge in [0.1, 0.15) is 11.5 Å². The van der Waals surface area contributed by atoms with Crippen LogP contribution in [0.4, 0.5) is 0 Å². The molecule has 2 aromatic carbocycles. The first kappa shape index (κ1) is 14.4. The molecule has 0 spiro atoms. The minimum Gasteiger partial charge on any atom is -0.508 e. The summed E-state index contributed by atoms with van der Waals surface area (Å²) < 4.78 is 0. The van der Waals surface area contributed by atoms with Crippen LogP contribution in [0.3, 0.4) is 0 Å². The smallest absolute Gasteiger partial charge is 0.121 e. The minimum absolute atomic E-state index is 0.112. The molecule has 20 heavy (non-hydrogen) atoms. The number of phenols is 2. The summed E-state index contributed by atoms with van der Waals surface area (Å²) in [5, 5.41) is 28.6. The molecule has 3 N–H and O–H groups in total. The van der Waals surface area contributed by atoms with Crippen LogP contribution in [0.1, 0.15) is 23.1 Å². The van der Waals surface area contributed by atoms with Crippen LogP contribution in [0.15, 0.2) is 30.3 Å². The number of aliphatic hydroxyl groups excluding tert-OH is 1. The van der Waals surface area contributed by atoms with E-state index in [9.17, 15) is 10.2 Å². The van der Waals surface area contributed by atoms with Crippen molar-refractivity contribution in [3.8, 4) is 22.6 Å². The van der Waals surface area contributed by atoms with Crippen LogP contribution >= 0.6 is 0 Å². The highest BCUT2D eigenvalue weighted by molar-refractivity contribution is 5.68. The van der Waals surface area contributed by atoms with Gasteiger partial charge in [0.05, 0.1) is 0 Å². The molecule has 0 aliphatic carbocycles. The van der Waals surface area contributed by atoms with Gasteiger partial charge in [-0.2, -0.15) is 0 Å². The van der Waals surface area contributed by atoms with Crippen molar-refractivity contribution in [3.63, 3.8) is 0 Å². The van der Waals surface area contributed by atoms with Crippen LogP contribution in [0, 0.1) is 13.8 Å². The quantitative estimate of drug-likeness (QED) is 0.800. The van der Waals surface area contributed by atoms with E-state index < -0.39 is 0 Å². The lowest BCUT2D eigenvalue weighted by atomic mass is 9.97. The van der Waals surface area contributed by atoms with Gasteiger partial charge in [-0.1, -0.05) is 6.07 Å². The van der Waals surface area contributed by atoms with E-state index in [2.05, 4.69) is 0 Å². The minimum atomic E-state index is 0.112. The largest absolute Gasteiger partial charge is 0.508 e. The van der Waals surface area contributed by atoms with E-state index in [-0.39, 0.29) is 12.4 Å². The van der Waals surface area contributed by atoms with Crippen molar-refractivity contribution in [1.82, 2.24) is 0 Å². The number of aliphatic hydroxyl groups is 1. The predicted molar refractivity (Wildman–Crippen MR) is 80.1 cm³/mol. The SMILES string of the molecule is Cc1cc(-c2ccc(O)c(CCCO)c2)cc(C)c1O. The fraction of sp³-hybridized carbons (Fsp3) is 0.294. The van der Waals surface area contributed by atoms with Crippen molar-refractivity contribution in [2.75, 3.05) is 6.61 Å². The van der Waals surface area contributed by atoms with Crippen LogP contribution in [0.2, 0.25) is 0 Å². The number of aromatic hydroxyl groups is 2. The summed E-state index contributed by atoms with van der Waals surface area (Å²) in [6.45, 7) is 3.86. The average Bonchev–Trinajstić information content (AvgIpc) is 2.43. The summed E-state index contributed by atoms with van der Waals surface area (Å²) in [5.41, 5.74) is 4.53. The Bertz CT molecular complexity index is 595. The van der Waals surface area contributed by atoms with Crippen LogP contribution in [-0.4, -0.2) is 21.9 Å². The van der Waals surface area contributed by atoms with E-state index in [1.54, 1.807) is 6.07 Å².